The molecule has 1 amide bonds. The van der Waals surface area contributed by atoms with Crippen molar-refractivity contribution < 1.29 is 4.79 Å². The van der Waals surface area contributed by atoms with Crippen LogP contribution >= 0.6 is 0 Å². The van der Waals surface area contributed by atoms with Gasteiger partial charge in [-0.3, -0.25) is 4.79 Å². The molecule has 0 radical (unpaired) electrons. The molecule has 0 saturated carbocycles. The summed E-state index contributed by atoms with van der Waals surface area (Å²) in [5.74, 6) is 0.121. The van der Waals surface area contributed by atoms with Gasteiger partial charge in [-0.25, -0.2) is 0 Å². The number of rotatable bonds is 5. The molecule has 0 aromatic rings. The van der Waals surface area contributed by atoms with E-state index in [9.17, 15) is 4.79 Å². The third-order valence-corrected chi connectivity index (χ3v) is 1.47. The smallest absolute Gasteiger partial charge is 0.221 e. The summed E-state index contributed by atoms with van der Waals surface area (Å²) in [7, 11) is 0. The van der Waals surface area contributed by atoms with Gasteiger partial charge in [0.1, 0.15) is 0 Å². The van der Waals surface area contributed by atoms with Gasteiger partial charge in [0.05, 0.1) is 0 Å². The first-order valence-electron chi connectivity index (χ1n) is 4.97. The first kappa shape index (κ1) is 12.4. The van der Waals surface area contributed by atoms with Crippen LogP contribution in [0.25, 0.3) is 0 Å². The van der Waals surface area contributed by atoms with Gasteiger partial charge in [-0.15, -0.1) is 0 Å². The molecule has 3 heteroatoms. The molecule has 0 atom stereocenters. The molecule has 13 heavy (non-hydrogen) atoms. The number of nitrogens with one attached hydrogen (secondary N) is 2. The molecule has 0 unspecified atom stereocenters. The molecule has 0 fully saturated rings. The Labute approximate surface area is 81.3 Å². The lowest BCUT2D eigenvalue weighted by Crippen LogP contribution is -2.41. The van der Waals surface area contributed by atoms with Crippen LogP contribution in [0.5, 0.6) is 0 Å². The van der Waals surface area contributed by atoms with Crippen LogP contribution < -0.4 is 10.6 Å². The maximum Gasteiger partial charge on any atom is 0.221 e. The number of hydrogen-bond acceptors (Lipinski definition) is 2. The molecular formula is C10H22N2O. The molecule has 3 nitrogen and oxygen atoms in total. The van der Waals surface area contributed by atoms with Crippen molar-refractivity contribution in [3.8, 4) is 0 Å². The Bertz CT molecular complexity index is 149. The molecule has 0 bridgehead atoms. The highest BCUT2D eigenvalue weighted by molar-refractivity contribution is 5.76. The van der Waals surface area contributed by atoms with Gasteiger partial charge in [0.15, 0.2) is 0 Å². The lowest BCUT2D eigenvalue weighted by molar-refractivity contribution is -0.122. The largest absolute Gasteiger partial charge is 0.351 e. The molecule has 0 aromatic heterocycles. The third-order valence-electron chi connectivity index (χ3n) is 1.47. The monoisotopic (exact) mass is 186 g/mol. The highest BCUT2D eigenvalue weighted by Crippen LogP contribution is 1.98. The van der Waals surface area contributed by atoms with Gasteiger partial charge in [0.2, 0.25) is 5.91 Å². The SMILES string of the molecule is CCCNCCC(=O)NC(C)(C)C. The minimum Gasteiger partial charge on any atom is -0.351 e. The van der Waals surface area contributed by atoms with Crippen molar-refractivity contribution in [2.45, 2.75) is 46.1 Å². The molecular weight excluding hydrogens is 164 g/mol. The number of amides is 1. The van der Waals surface area contributed by atoms with Crippen molar-refractivity contribution in [1.29, 1.82) is 0 Å². The average Bonchev–Trinajstić information content (AvgIpc) is 1.94. The lowest BCUT2D eigenvalue weighted by Gasteiger charge is -2.20. The fourth-order valence-electron chi connectivity index (χ4n) is 0.984. The molecule has 0 aliphatic heterocycles. The second-order valence-corrected chi connectivity index (χ2v) is 4.30. The highest BCUT2D eigenvalue weighted by atomic mass is 16.1. The van der Waals surface area contributed by atoms with E-state index < -0.39 is 0 Å². The first-order valence-corrected chi connectivity index (χ1v) is 4.97. The van der Waals surface area contributed by atoms with E-state index in [4.69, 9.17) is 0 Å². The van der Waals surface area contributed by atoms with Crippen LogP contribution in [0.1, 0.15) is 40.5 Å². The van der Waals surface area contributed by atoms with Crippen LogP contribution in [0.3, 0.4) is 0 Å². The zero-order valence-corrected chi connectivity index (χ0v) is 9.24. The van der Waals surface area contributed by atoms with E-state index >= 15 is 0 Å². The van der Waals surface area contributed by atoms with E-state index in [1.54, 1.807) is 0 Å². The summed E-state index contributed by atoms with van der Waals surface area (Å²) < 4.78 is 0. The Hall–Kier alpha value is -0.570. The molecule has 0 aliphatic rings. The number of carbonyl (C=O) groups excluding carboxylic acids is 1. The second-order valence-electron chi connectivity index (χ2n) is 4.30. The van der Waals surface area contributed by atoms with Crippen molar-refractivity contribution in [3.63, 3.8) is 0 Å². The van der Waals surface area contributed by atoms with Crippen molar-refractivity contribution >= 4 is 5.91 Å². The Kier molecular flexibility index (Phi) is 5.71. The van der Waals surface area contributed by atoms with E-state index in [-0.39, 0.29) is 11.4 Å². The standard InChI is InChI=1S/C10H22N2O/c1-5-7-11-8-6-9(13)12-10(2,3)4/h11H,5-8H2,1-4H3,(H,12,13). The topological polar surface area (TPSA) is 41.1 Å². The third kappa shape index (κ3) is 9.34. The Morgan fingerprint density at radius 3 is 2.31 bits per heavy atom. The van der Waals surface area contributed by atoms with E-state index in [0.29, 0.717) is 6.42 Å². The summed E-state index contributed by atoms with van der Waals surface area (Å²) >= 11 is 0. The Morgan fingerprint density at radius 1 is 1.23 bits per heavy atom. The molecule has 0 aliphatic carbocycles. The van der Waals surface area contributed by atoms with Gasteiger partial charge in [-0.2, -0.15) is 0 Å². The van der Waals surface area contributed by atoms with Crippen LogP contribution in [0, 0.1) is 0 Å². The summed E-state index contributed by atoms with van der Waals surface area (Å²) in [4.78, 5) is 11.3. The fraction of sp³-hybridized carbons (Fsp3) is 0.900. The van der Waals surface area contributed by atoms with Gasteiger partial charge in [0.25, 0.3) is 0 Å². The fourth-order valence-corrected chi connectivity index (χ4v) is 0.984. The molecule has 0 saturated heterocycles. The number of hydrogen-bond donors (Lipinski definition) is 2. The maximum absolute atomic E-state index is 11.3. The predicted molar refractivity (Wildman–Crippen MR) is 55.7 cm³/mol. The maximum atomic E-state index is 11.3. The van der Waals surface area contributed by atoms with E-state index in [0.717, 1.165) is 19.5 Å². The summed E-state index contributed by atoms with van der Waals surface area (Å²) in [5.41, 5.74) is -0.109. The Balaban J connectivity index is 3.41. The summed E-state index contributed by atoms with van der Waals surface area (Å²) in [5, 5.41) is 6.11. The van der Waals surface area contributed by atoms with Crippen molar-refractivity contribution in [3.05, 3.63) is 0 Å². The van der Waals surface area contributed by atoms with Crippen molar-refractivity contribution in [2.75, 3.05) is 13.1 Å². The quantitative estimate of drug-likeness (QED) is 0.635. The van der Waals surface area contributed by atoms with Crippen molar-refractivity contribution in [1.82, 2.24) is 10.6 Å². The molecule has 2 N–H and O–H groups in total. The van der Waals surface area contributed by atoms with Crippen molar-refractivity contribution in [2.24, 2.45) is 0 Å². The normalized spacial score (nSPS) is 11.4. The van der Waals surface area contributed by atoms with Gasteiger partial charge < -0.3 is 10.6 Å². The predicted octanol–water partition coefficient (Wildman–Crippen LogP) is 1.29. The first-order chi connectivity index (χ1) is 5.95. The second kappa shape index (κ2) is 5.97. The van der Waals surface area contributed by atoms with Crippen LogP contribution in [-0.4, -0.2) is 24.5 Å². The van der Waals surface area contributed by atoms with E-state index in [2.05, 4.69) is 17.6 Å². The lowest BCUT2D eigenvalue weighted by atomic mass is 10.1. The number of carbonyl (C=O) groups is 1. The summed E-state index contributed by atoms with van der Waals surface area (Å²) in [6.45, 7) is 9.85. The van der Waals surface area contributed by atoms with Crippen LogP contribution in [0.4, 0.5) is 0 Å². The van der Waals surface area contributed by atoms with Gasteiger partial charge in [-0.05, 0) is 33.7 Å². The Morgan fingerprint density at radius 2 is 1.85 bits per heavy atom. The average molecular weight is 186 g/mol. The minimum atomic E-state index is -0.109. The summed E-state index contributed by atoms with van der Waals surface area (Å²) in [6, 6.07) is 0. The minimum absolute atomic E-state index is 0.109. The molecule has 0 rings (SSSR count). The van der Waals surface area contributed by atoms with Gasteiger partial charge >= 0.3 is 0 Å². The zero-order valence-electron chi connectivity index (χ0n) is 9.24. The van der Waals surface area contributed by atoms with Gasteiger partial charge in [0, 0.05) is 18.5 Å². The van der Waals surface area contributed by atoms with Crippen LogP contribution in [-0.2, 0) is 4.79 Å². The van der Waals surface area contributed by atoms with Crippen LogP contribution in [0.2, 0.25) is 0 Å². The molecule has 0 spiro atoms. The van der Waals surface area contributed by atoms with E-state index in [1.807, 2.05) is 20.8 Å². The molecule has 0 heterocycles. The molecule has 0 aromatic carbocycles. The summed E-state index contributed by atoms with van der Waals surface area (Å²) in [6.07, 6.45) is 1.68. The molecule has 78 valence electrons. The zero-order chi connectivity index (χ0) is 10.3. The van der Waals surface area contributed by atoms with E-state index in [1.165, 1.54) is 0 Å². The highest BCUT2D eigenvalue weighted by Gasteiger charge is 2.12. The van der Waals surface area contributed by atoms with Gasteiger partial charge in [-0.1, -0.05) is 6.92 Å². The van der Waals surface area contributed by atoms with Crippen LogP contribution in [0.15, 0.2) is 0 Å².